The van der Waals surface area contributed by atoms with E-state index in [4.69, 9.17) is 0 Å². The van der Waals surface area contributed by atoms with Gasteiger partial charge in [-0.2, -0.15) is 0 Å². The third kappa shape index (κ3) is 1310. The Morgan fingerprint density at radius 3 is 1.00 bits per heavy atom. The van der Waals surface area contributed by atoms with Crippen molar-refractivity contribution in [3.63, 3.8) is 0 Å². The molecule has 0 nitrogen and oxygen atoms in total. The van der Waals surface area contributed by atoms with Gasteiger partial charge in [-0.15, -0.1) is 19.4 Å². The second-order valence-electron chi connectivity index (χ2n) is 1.12. The lowest BCUT2D eigenvalue weighted by Crippen LogP contribution is -1.27. The monoisotopic (exact) mass is 172 g/mol. The zero-order valence-electron chi connectivity index (χ0n) is 10.1. The summed E-state index contributed by atoms with van der Waals surface area (Å²) >= 11 is 0. The van der Waals surface area contributed by atoms with Crippen LogP contribution in [-0.2, 0) is 0 Å². The number of terminal acetylenes is 1. The van der Waals surface area contributed by atoms with Crippen molar-refractivity contribution >= 4 is 0 Å². The van der Waals surface area contributed by atoms with Crippen molar-refractivity contribution in [2.45, 2.75) is 54.9 Å². The van der Waals surface area contributed by atoms with Gasteiger partial charge in [-0.05, 0) is 6.92 Å². The van der Waals surface area contributed by atoms with Crippen LogP contribution in [0.15, 0.2) is 12.7 Å². The molecule has 0 aliphatic carbocycles. The molecular weight excluding hydrogens is 144 g/mol. The van der Waals surface area contributed by atoms with Crippen LogP contribution in [-0.4, -0.2) is 0 Å². The van der Waals surface area contributed by atoms with Gasteiger partial charge in [0.15, 0.2) is 0 Å². The summed E-state index contributed by atoms with van der Waals surface area (Å²) < 4.78 is 0. The molecule has 0 aromatic carbocycles. The van der Waals surface area contributed by atoms with Crippen molar-refractivity contribution in [3.05, 3.63) is 12.7 Å². The number of allylic oxidation sites excluding steroid dienone is 1. The molecule has 0 saturated carbocycles. The van der Waals surface area contributed by atoms with E-state index in [1.807, 2.05) is 34.6 Å². The zero-order valence-corrected chi connectivity index (χ0v) is 10.1. The second kappa shape index (κ2) is 527. The Morgan fingerprint density at radius 1 is 1.00 bits per heavy atom. The predicted molar refractivity (Wildman–Crippen MR) is 64.4 cm³/mol. The maximum atomic E-state index is 4.00. The minimum Gasteiger partial charge on any atom is -0.124 e. The minimum absolute atomic E-state index is 1.25. The summed E-state index contributed by atoms with van der Waals surface area (Å²) in [5.41, 5.74) is 0. The van der Waals surface area contributed by atoms with E-state index in [-0.39, 0.29) is 0 Å². The Hall–Kier alpha value is -0.700. The summed E-state index contributed by atoms with van der Waals surface area (Å²) in [4.78, 5) is 0. The van der Waals surface area contributed by atoms with Gasteiger partial charge >= 0.3 is 0 Å². The van der Waals surface area contributed by atoms with Crippen LogP contribution >= 0.6 is 0 Å². The number of hydrogen-bond donors (Lipinski definition) is 0. The second-order valence-corrected chi connectivity index (χ2v) is 1.12. The maximum absolute atomic E-state index is 4.00. The number of rotatable bonds is 0. The lowest BCUT2D eigenvalue weighted by Gasteiger charge is -1.48. The van der Waals surface area contributed by atoms with Crippen LogP contribution in [0.4, 0.5) is 0 Å². The standard InChI is InChI=1S/C3H8.C3H6.2C2H6.C2H2/c2*1-3-2;3*1-2/h3H2,1-2H3;3H,1H2,2H3;2*1-2H3;1-2H. The van der Waals surface area contributed by atoms with Crippen LogP contribution < -0.4 is 0 Å². The fraction of sp³-hybridized carbons (Fsp3) is 0.667. The Morgan fingerprint density at radius 2 is 1.00 bits per heavy atom. The topological polar surface area (TPSA) is 0 Å². The first kappa shape index (κ1) is 30.2. The van der Waals surface area contributed by atoms with E-state index in [0.29, 0.717) is 0 Å². The minimum atomic E-state index is 1.25. The molecule has 0 heterocycles. The fourth-order valence-electron chi connectivity index (χ4n) is 0. The van der Waals surface area contributed by atoms with Crippen molar-refractivity contribution < 1.29 is 0 Å². The van der Waals surface area contributed by atoms with Crippen LogP contribution in [0.25, 0.3) is 0 Å². The van der Waals surface area contributed by atoms with Crippen molar-refractivity contribution in [1.82, 2.24) is 0 Å². The van der Waals surface area contributed by atoms with E-state index in [1.54, 1.807) is 6.08 Å². The quantitative estimate of drug-likeness (QED) is 0.360. The molecular formula is C12H28. The van der Waals surface area contributed by atoms with Gasteiger partial charge in [-0.3, -0.25) is 0 Å². The Balaban J connectivity index is -0.0000000174. The molecule has 0 fully saturated rings. The van der Waals surface area contributed by atoms with Gasteiger partial charge in [0, 0.05) is 0 Å². The predicted octanol–water partition coefficient (Wildman–Crippen LogP) is 4.91. The molecule has 0 aliphatic heterocycles. The van der Waals surface area contributed by atoms with Gasteiger partial charge in [-0.25, -0.2) is 0 Å². The highest BCUT2D eigenvalue weighted by molar-refractivity contribution is 4.51. The fourth-order valence-corrected chi connectivity index (χ4v) is 0. The lowest BCUT2D eigenvalue weighted by atomic mass is 10.6. The summed E-state index contributed by atoms with van der Waals surface area (Å²) in [6.07, 6.45) is 11.0. The Bertz CT molecular complexity index is 32.5. The largest absolute Gasteiger partial charge is 0.124 e. The molecule has 0 atom stereocenters. The highest BCUT2D eigenvalue weighted by Gasteiger charge is 1.35. The van der Waals surface area contributed by atoms with Gasteiger partial charge in [0.1, 0.15) is 0 Å². The Kier molecular flexibility index (Phi) is 1330. The summed E-state index contributed by atoms with van der Waals surface area (Å²) in [6, 6.07) is 0. The maximum Gasteiger partial charge on any atom is -0.0473 e. The molecule has 12 heavy (non-hydrogen) atoms. The van der Waals surface area contributed by atoms with E-state index in [0.717, 1.165) is 0 Å². The van der Waals surface area contributed by atoms with Gasteiger partial charge in [0.05, 0.1) is 0 Å². The Labute approximate surface area is 81.1 Å². The molecule has 0 aromatic heterocycles. The van der Waals surface area contributed by atoms with Crippen LogP contribution in [0.1, 0.15) is 54.9 Å². The molecule has 0 rings (SSSR count). The van der Waals surface area contributed by atoms with Crippen LogP contribution in [0.3, 0.4) is 0 Å². The zero-order chi connectivity index (χ0) is 11.4. The summed E-state index contributed by atoms with van der Waals surface area (Å²) in [5.74, 6) is 0. The van der Waals surface area contributed by atoms with Gasteiger partial charge < -0.3 is 0 Å². The first-order chi connectivity index (χ1) is 5.83. The first-order valence-electron chi connectivity index (χ1n) is 4.73. The molecule has 0 radical (unpaired) electrons. The summed E-state index contributed by atoms with van der Waals surface area (Å²) in [6.45, 7) is 17.5. The molecule has 0 N–H and O–H groups in total. The highest BCUT2D eigenvalue weighted by Crippen LogP contribution is 1.56. The molecule has 0 aromatic rings. The van der Waals surface area contributed by atoms with Crippen LogP contribution in [0.5, 0.6) is 0 Å². The van der Waals surface area contributed by atoms with Crippen molar-refractivity contribution in [2.75, 3.05) is 0 Å². The molecule has 76 valence electrons. The molecule has 0 heteroatoms. The third-order valence-electron chi connectivity index (χ3n) is 0. The highest BCUT2D eigenvalue weighted by atomic mass is 13.4. The van der Waals surface area contributed by atoms with Gasteiger partial charge in [0.25, 0.3) is 0 Å². The smallest absolute Gasteiger partial charge is 0.0473 e. The van der Waals surface area contributed by atoms with Gasteiger partial charge in [-0.1, -0.05) is 54.0 Å². The summed E-state index contributed by atoms with van der Waals surface area (Å²) in [5, 5.41) is 0. The van der Waals surface area contributed by atoms with E-state index in [2.05, 4.69) is 33.3 Å². The number of hydrogen-bond acceptors (Lipinski definition) is 0. The van der Waals surface area contributed by atoms with E-state index >= 15 is 0 Å². The van der Waals surface area contributed by atoms with E-state index in [1.165, 1.54) is 6.42 Å². The SMILES string of the molecule is C#C.C=CC.CC.CC.CCC. The molecule has 0 spiro atoms. The third-order valence-corrected chi connectivity index (χ3v) is 0. The average molecular weight is 172 g/mol. The molecule has 0 bridgehead atoms. The van der Waals surface area contributed by atoms with Crippen LogP contribution in [0.2, 0.25) is 0 Å². The van der Waals surface area contributed by atoms with Crippen molar-refractivity contribution in [2.24, 2.45) is 0 Å². The lowest BCUT2D eigenvalue weighted by molar-refractivity contribution is 1.09. The first-order valence-corrected chi connectivity index (χ1v) is 4.73. The normalized spacial score (nSPS) is 3.75. The molecule has 0 amide bonds. The summed E-state index contributed by atoms with van der Waals surface area (Å²) in [7, 11) is 0. The van der Waals surface area contributed by atoms with Crippen molar-refractivity contribution in [3.8, 4) is 12.8 Å². The molecule has 0 saturated heterocycles. The molecule has 0 aliphatic rings. The van der Waals surface area contributed by atoms with E-state index in [9.17, 15) is 0 Å². The van der Waals surface area contributed by atoms with E-state index < -0.39 is 0 Å². The van der Waals surface area contributed by atoms with Crippen molar-refractivity contribution in [1.29, 1.82) is 0 Å². The van der Waals surface area contributed by atoms with Gasteiger partial charge in [0.2, 0.25) is 0 Å². The van der Waals surface area contributed by atoms with Crippen LogP contribution in [0, 0.1) is 12.8 Å². The molecule has 0 unspecified atom stereocenters. The average Bonchev–Trinajstić information content (AvgIpc) is 2.16.